The van der Waals surface area contributed by atoms with Crippen molar-refractivity contribution < 1.29 is 0 Å². The summed E-state index contributed by atoms with van der Waals surface area (Å²) >= 11 is 4.43. The first-order valence-electron chi connectivity index (χ1n) is 3.20. The van der Waals surface area contributed by atoms with Gasteiger partial charge < -0.3 is 0 Å². The van der Waals surface area contributed by atoms with Crippen molar-refractivity contribution >= 4 is 12.6 Å². The fourth-order valence-electron chi connectivity index (χ4n) is 0.775. The molecule has 0 fully saturated rings. The Morgan fingerprint density at radius 3 is 1.56 bits per heavy atom. The van der Waals surface area contributed by atoms with E-state index in [1.54, 1.807) is 0 Å². The molecule has 0 saturated carbocycles. The summed E-state index contributed by atoms with van der Waals surface area (Å²) in [6.07, 6.45) is 0. The summed E-state index contributed by atoms with van der Waals surface area (Å²) in [6.45, 7) is 6.56. The lowest BCUT2D eigenvalue weighted by atomic mass is 9.96. The molecule has 0 aromatic rings. The SMILES string of the molecule is CN(C)C(S)C(C)(C)C. The van der Waals surface area contributed by atoms with Crippen LogP contribution in [0, 0.1) is 5.41 Å². The van der Waals surface area contributed by atoms with E-state index in [2.05, 4.69) is 38.3 Å². The van der Waals surface area contributed by atoms with Crippen molar-refractivity contribution in [3.8, 4) is 0 Å². The number of rotatable bonds is 1. The second kappa shape index (κ2) is 2.93. The van der Waals surface area contributed by atoms with Gasteiger partial charge in [-0.05, 0) is 19.5 Å². The van der Waals surface area contributed by atoms with Crippen LogP contribution in [0.3, 0.4) is 0 Å². The molecule has 1 atom stereocenters. The molecule has 0 aromatic heterocycles. The van der Waals surface area contributed by atoms with Crippen LogP contribution in [-0.4, -0.2) is 24.4 Å². The van der Waals surface area contributed by atoms with E-state index in [4.69, 9.17) is 0 Å². The molecular formula is C7H17NS. The standard InChI is InChI=1S/C7H17NS/c1-7(2,3)6(9)8(4)5/h6,9H,1-5H3. The van der Waals surface area contributed by atoms with Gasteiger partial charge in [-0.1, -0.05) is 20.8 Å². The van der Waals surface area contributed by atoms with Gasteiger partial charge in [0.15, 0.2) is 0 Å². The molecule has 0 rings (SSSR count). The molecule has 0 amide bonds. The molecule has 0 saturated heterocycles. The molecule has 2 heteroatoms. The second-order valence-corrected chi connectivity index (χ2v) is 4.19. The maximum Gasteiger partial charge on any atom is 0.0571 e. The average Bonchev–Trinajstić information content (AvgIpc) is 1.62. The minimum atomic E-state index is 0.270. The third kappa shape index (κ3) is 3.11. The number of hydrogen-bond donors (Lipinski definition) is 1. The van der Waals surface area contributed by atoms with Gasteiger partial charge in [-0.15, -0.1) is 0 Å². The minimum Gasteiger partial charge on any atom is -0.297 e. The number of nitrogens with zero attached hydrogens (tertiary/aromatic N) is 1. The van der Waals surface area contributed by atoms with Crippen molar-refractivity contribution in [1.29, 1.82) is 0 Å². The van der Waals surface area contributed by atoms with Gasteiger partial charge in [0.1, 0.15) is 0 Å². The molecule has 1 nitrogen and oxygen atoms in total. The van der Waals surface area contributed by atoms with E-state index >= 15 is 0 Å². The molecule has 0 radical (unpaired) electrons. The van der Waals surface area contributed by atoms with Crippen LogP contribution >= 0.6 is 12.6 Å². The van der Waals surface area contributed by atoms with E-state index in [-0.39, 0.29) is 5.41 Å². The van der Waals surface area contributed by atoms with E-state index in [9.17, 15) is 0 Å². The lowest BCUT2D eigenvalue weighted by Crippen LogP contribution is -2.34. The normalized spacial score (nSPS) is 16.3. The summed E-state index contributed by atoms with van der Waals surface area (Å²) in [4.78, 5) is 2.11. The molecule has 0 spiro atoms. The summed E-state index contributed by atoms with van der Waals surface area (Å²) in [5.41, 5.74) is 0.270. The molecule has 0 N–H and O–H groups in total. The first-order chi connectivity index (χ1) is 3.85. The number of thiol groups is 1. The highest BCUT2D eigenvalue weighted by molar-refractivity contribution is 7.80. The highest BCUT2D eigenvalue weighted by Gasteiger charge is 2.21. The zero-order chi connectivity index (χ0) is 7.65. The Bertz CT molecular complexity index is 83.4. The Kier molecular flexibility index (Phi) is 3.03. The maximum atomic E-state index is 4.43. The van der Waals surface area contributed by atoms with Crippen molar-refractivity contribution in [3.63, 3.8) is 0 Å². The first-order valence-corrected chi connectivity index (χ1v) is 3.72. The fraction of sp³-hybridized carbons (Fsp3) is 1.00. The van der Waals surface area contributed by atoms with E-state index in [1.807, 2.05) is 14.1 Å². The molecule has 0 aliphatic carbocycles. The highest BCUT2D eigenvalue weighted by atomic mass is 32.1. The van der Waals surface area contributed by atoms with Crippen LogP contribution in [0.4, 0.5) is 0 Å². The molecule has 56 valence electrons. The predicted molar refractivity (Wildman–Crippen MR) is 45.9 cm³/mol. The molecule has 0 bridgehead atoms. The Morgan fingerprint density at radius 1 is 1.22 bits per heavy atom. The maximum absolute atomic E-state index is 4.43. The van der Waals surface area contributed by atoms with E-state index < -0.39 is 0 Å². The van der Waals surface area contributed by atoms with E-state index in [0.29, 0.717) is 5.37 Å². The van der Waals surface area contributed by atoms with Crippen LogP contribution in [0.15, 0.2) is 0 Å². The Morgan fingerprint density at radius 2 is 1.56 bits per heavy atom. The van der Waals surface area contributed by atoms with Gasteiger partial charge in [0.25, 0.3) is 0 Å². The Labute approximate surface area is 63.8 Å². The van der Waals surface area contributed by atoms with Crippen molar-refractivity contribution in [2.24, 2.45) is 5.41 Å². The van der Waals surface area contributed by atoms with Crippen LogP contribution in [0.25, 0.3) is 0 Å². The monoisotopic (exact) mass is 147 g/mol. The average molecular weight is 147 g/mol. The molecule has 0 aromatic carbocycles. The summed E-state index contributed by atoms with van der Waals surface area (Å²) in [5.74, 6) is 0. The summed E-state index contributed by atoms with van der Waals surface area (Å²) < 4.78 is 0. The van der Waals surface area contributed by atoms with Gasteiger partial charge >= 0.3 is 0 Å². The molecule has 1 unspecified atom stereocenters. The van der Waals surface area contributed by atoms with Crippen molar-refractivity contribution in [2.45, 2.75) is 26.1 Å². The quantitative estimate of drug-likeness (QED) is 0.437. The largest absolute Gasteiger partial charge is 0.297 e. The summed E-state index contributed by atoms with van der Waals surface area (Å²) in [7, 11) is 4.09. The van der Waals surface area contributed by atoms with Gasteiger partial charge in [0, 0.05) is 0 Å². The number of hydrogen-bond acceptors (Lipinski definition) is 2. The van der Waals surface area contributed by atoms with Crippen LogP contribution < -0.4 is 0 Å². The zero-order valence-corrected chi connectivity index (χ0v) is 7.87. The molecule has 9 heavy (non-hydrogen) atoms. The van der Waals surface area contributed by atoms with Crippen LogP contribution in [0.2, 0.25) is 0 Å². The van der Waals surface area contributed by atoms with Crippen LogP contribution in [0.5, 0.6) is 0 Å². The predicted octanol–water partition coefficient (Wildman–Crippen LogP) is 1.85. The second-order valence-electron chi connectivity index (χ2n) is 3.70. The zero-order valence-electron chi connectivity index (χ0n) is 6.97. The van der Waals surface area contributed by atoms with E-state index in [1.165, 1.54) is 0 Å². The van der Waals surface area contributed by atoms with Crippen molar-refractivity contribution in [3.05, 3.63) is 0 Å². The van der Waals surface area contributed by atoms with Crippen molar-refractivity contribution in [1.82, 2.24) is 4.90 Å². The van der Waals surface area contributed by atoms with Gasteiger partial charge in [-0.25, -0.2) is 0 Å². The Hall–Kier alpha value is 0.310. The van der Waals surface area contributed by atoms with Gasteiger partial charge in [-0.3, -0.25) is 4.90 Å². The smallest absolute Gasteiger partial charge is 0.0571 e. The lowest BCUT2D eigenvalue weighted by molar-refractivity contribution is 0.233. The first kappa shape index (κ1) is 9.31. The topological polar surface area (TPSA) is 3.24 Å². The van der Waals surface area contributed by atoms with Gasteiger partial charge in [0.2, 0.25) is 0 Å². The van der Waals surface area contributed by atoms with Gasteiger partial charge in [-0.2, -0.15) is 12.6 Å². The van der Waals surface area contributed by atoms with Crippen LogP contribution in [0.1, 0.15) is 20.8 Å². The third-order valence-electron chi connectivity index (χ3n) is 1.26. The summed E-state index contributed by atoms with van der Waals surface area (Å²) in [6, 6.07) is 0. The molecule has 0 aliphatic rings. The lowest BCUT2D eigenvalue weighted by Gasteiger charge is -2.31. The molecule has 0 heterocycles. The molecule has 0 aliphatic heterocycles. The highest BCUT2D eigenvalue weighted by Crippen LogP contribution is 2.24. The van der Waals surface area contributed by atoms with Gasteiger partial charge in [0.05, 0.1) is 5.37 Å². The van der Waals surface area contributed by atoms with Crippen molar-refractivity contribution in [2.75, 3.05) is 14.1 Å². The molecular weight excluding hydrogens is 130 g/mol. The third-order valence-corrected chi connectivity index (χ3v) is 2.50. The Balaban J connectivity index is 3.88. The minimum absolute atomic E-state index is 0.270. The summed E-state index contributed by atoms with van der Waals surface area (Å²) in [5, 5.41) is 0.345. The van der Waals surface area contributed by atoms with Crippen LogP contribution in [-0.2, 0) is 0 Å². The fourth-order valence-corrected chi connectivity index (χ4v) is 0.775. The van der Waals surface area contributed by atoms with E-state index in [0.717, 1.165) is 0 Å².